The molecule has 2 aromatic heterocycles. The van der Waals surface area contributed by atoms with Gasteiger partial charge in [-0.25, -0.2) is 4.98 Å². The summed E-state index contributed by atoms with van der Waals surface area (Å²) in [5.74, 6) is -0.307. The Hall–Kier alpha value is -2.10. The first kappa shape index (κ1) is 12.4. The number of nitrogens with one attached hydrogen (secondary N) is 2. The summed E-state index contributed by atoms with van der Waals surface area (Å²) in [6.07, 6.45) is 1.30. The van der Waals surface area contributed by atoms with Gasteiger partial charge in [-0.1, -0.05) is 23.2 Å². The van der Waals surface area contributed by atoms with Gasteiger partial charge in [-0.15, -0.1) is 0 Å². The van der Waals surface area contributed by atoms with Crippen LogP contribution in [0, 0.1) is 11.3 Å². The first-order valence-electron chi connectivity index (χ1n) is 4.68. The van der Waals surface area contributed by atoms with E-state index in [0.29, 0.717) is 0 Å². The van der Waals surface area contributed by atoms with Gasteiger partial charge in [0.1, 0.15) is 27.8 Å². The van der Waals surface area contributed by atoms with Crippen molar-refractivity contribution in [2.45, 2.75) is 0 Å². The second kappa shape index (κ2) is 5.04. The Morgan fingerprint density at radius 1 is 1.44 bits per heavy atom. The largest absolute Gasteiger partial charge is 0.306 e. The van der Waals surface area contributed by atoms with E-state index in [1.807, 2.05) is 6.07 Å². The summed E-state index contributed by atoms with van der Waals surface area (Å²) in [5.41, 5.74) is 0.376. The number of nitrogens with zero attached hydrogens (tertiary/aromatic N) is 3. The number of hydrogen-bond acceptors (Lipinski definition) is 4. The number of aromatic nitrogens is 3. The van der Waals surface area contributed by atoms with Gasteiger partial charge in [0, 0.05) is 0 Å². The number of nitriles is 1. The van der Waals surface area contributed by atoms with Crippen LogP contribution >= 0.6 is 23.2 Å². The second-order valence-electron chi connectivity index (χ2n) is 3.20. The Morgan fingerprint density at radius 3 is 2.89 bits per heavy atom. The molecule has 0 radical (unpaired) electrons. The lowest BCUT2D eigenvalue weighted by Crippen LogP contribution is -2.14. The first-order valence-corrected chi connectivity index (χ1v) is 5.44. The van der Waals surface area contributed by atoms with E-state index in [1.54, 1.807) is 0 Å². The highest BCUT2D eigenvalue weighted by atomic mass is 35.5. The van der Waals surface area contributed by atoms with Gasteiger partial charge in [-0.05, 0) is 12.1 Å². The molecule has 18 heavy (non-hydrogen) atoms. The average Bonchev–Trinajstić information content (AvgIpc) is 2.76. The molecule has 0 aromatic carbocycles. The number of pyridine rings is 1. The van der Waals surface area contributed by atoms with Crippen LogP contribution in [0.15, 0.2) is 18.3 Å². The minimum Gasteiger partial charge on any atom is -0.306 e. The highest BCUT2D eigenvalue weighted by Gasteiger charge is 2.14. The van der Waals surface area contributed by atoms with Crippen LogP contribution in [0.1, 0.15) is 15.9 Å². The van der Waals surface area contributed by atoms with Crippen LogP contribution < -0.4 is 5.32 Å². The summed E-state index contributed by atoms with van der Waals surface area (Å²) >= 11 is 11.4. The number of halogens is 2. The average molecular weight is 282 g/mol. The van der Waals surface area contributed by atoms with Crippen molar-refractivity contribution < 1.29 is 4.79 Å². The molecule has 0 aliphatic heterocycles. The van der Waals surface area contributed by atoms with Crippen LogP contribution in [0.3, 0.4) is 0 Å². The molecule has 8 heteroatoms. The molecule has 2 N–H and O–H groups in total. The van der Waals surface area contributed by atoms with Gasteiger partial charge < -0.3 is 5.32 Å². The zero-order chi connectivity index (χ0) is 13.1. The quantitative estimate of drug-likeness (QED) is 0.826. The zero-order valence-corrected chi connectivity index (χ0v) is 10.2. The van der Waals surface area contributed by atoms with E-state index in [4.69, 9.17) is 28.5 Å². The van der Waals surface area contributed by atoms with Gasteiger partial charge in [-0.3, -0.25) is 9.89 Å². The first-order chi connectivity index (χ1) is 8.61. The lowest BCUT2D eigenvalue weighted by molar-refractivity contribution is 0.102. The fourth-order valence-corrected chi connectivity index (χ4v) is 1.66. The van der Waals surface area contributed by atoms with Crippen molar-refractivity contribution in [3.05, 3.63) is 39.8 Å². The molecular formula is C10H5Cl2N5O. The molecule has 2 rings (SSSR count). The van der Waals surface area contributed by atoms with Gasteiger partial charge in [-0.2, -0.15) is 10.4 Å². The molecule has 0 saturated heterocycles. The summed E-state index contributed by atoms with van der Waals surface area (Å²) in [4.78, 5) is 15.6. The number of rotatable bonds is 2. The fraction of sp³-hybridized carbons (Fsp3) is 0. The molecule has 0 aliphatic carbocycles. The van der Waals surface area contributed by atoms with Crippen molar-refractivity contribution in [3.8, 4) is 6.07 Å². The Morgan fingerprint density at radius 2 is 2.22 bits per heavy atom. The van der Waals surface area contributed by atoms with Crippen LogP contribution in [0.2, 0.25) is 10.3 Å². The number of aromatic amines is 1. The van der Waals surface area contributed by atoms with E-state index in [9.17, 15) is 4.79 Å². The summed E-state index contributed by atoms with van der Waals surface area (Å²) in [5, 5.41) is 17.5. The molecule has 0 saturated carbocycles. The lowest BCUT2D eigenvalue weighted by Gasteiger charge is -2.04. The van der Waals surface area contributed by atoms with Crippen molar-refractivity contribution in [1.82, 2.24) is 15.2 Å². The predicted octanol–water partition coefficient (Wildman–Crippen LogP) is 2.24. The second-order valence-corrected chi connectivity index (χ2v) is 3.94. The third kappa shape index (κ3) is 2.42. The van der Waals surface area contributed by atoms with Crippen molar-refractivity contribution >= 4 is 34.9 Å². The molecule has 2 aromatic rings. The molecule has 0 unspecified atom stereocenters. The van der Waals surface area contributed by atoms with Gasteiger partial charge in [0.25, 0.3) is 5.91 Å². The lowest BCUT2D eigenvalue weighted by atomic mass is 10.2. The number of anilines is 1. The molecular weight excluding hydrogens is 277 g/mol. The van der Waals surface area contributed by atoms with Crippen molar-refractivity contribution in [2.75, 3.05) is 5.32 Å². The van der Waals surface area contributed by atoms with Crippen LogP contribution in [0.4, 0.5) is 5.82 Å². The highest BCUT2D eigenvalue weighted by Crippen LogP contribution is 2.18. The molecule has 6 nitrogen and oxygen atoms in total. The number of H-pyrrole nitrogens is 1. The minimum absolute atomic E-state index is 0.0157. The number of carbonyl (C=O) groups is 1. The van der Waals surface area contributed by atoms with Crippen molar-refractivity contribution in [1.29, 1.82) is 5.26 Å². The molecule has 90 valence electrons. The topological polar surface area (TPSA) is 94.5 Å². The van der Waals surface area contributed by atoms with E-state index in [0.717, 1.165) is 0 Å². The Labute approximate surface area is 112 Å². The Bertz CT molecular complexity index is 646. The maximum Gasteiger partial charge on any atom is 0.259 e. The van der Waals surface area contributed by atoms with Gasteiger partial charge in [0.15, 0.2) is 0 Å². The molecule has 0 spiro atoms. The standard InChI is InChI=1S/C10H5Cl2N5O/c11-7-2-1-6(8(12)15-7)10(18)16-9-5(3-13)4-14-17-9/h1-2,4H,(H2,14,16,17,18). The molecule has 0 bridgehead atoms. The summed E-state index contributed by atoms with van der Waals surface area (Å²) < 4.78 is 0. The Balaban J connectivity index is 2.25. The third-order valence-electron chi connectivity index (χ3n) is 2.06. The van der Waals surface area contributed by atoms with Crippen LogP contribution in [0.5, 0.6) is 0 Å². The van der Waals surface area contributed by atoms with E-state index >= 15 is 0 Å². The maximum absolute atomic E-state index is 11.9. The van der Waals surface area contributed by atoms with E-state index in [2.05, 4.69) is 20.5 Å². The van der Waals surface area contributed by atoms with Gasteiger partial charge in [0.2, 0.25) is 0 Å². The molecule has 0 aliphatic rings. The molecule has 1 amide bonds. The highest BCUT2D eigenvalue weighted by molar-refractivity contribution is 6.35. The van der Waals surface area contributed by atoms with Crippen molar-refractivity contribution in [3.63, 3.8) is 0 Å². The molecule has 2 heterocycles. The zero-order valence-electron chi connectivity index (χ0n) is 8.74. The fourth-order valence-electron chi connectivity index (χ4n) is 1.23. The number of carbonyl (C=O) groups excluding carboxylic acids is 1. The van der Waals surface area contributed by atoms with Crippen molar-refractivity contribution in [2.24, 2.45) is 0 Å². The molecule has 0 fully saturated rings. The number of amides is 1. The van der Waals surface area contributed by atoms with Gasteiger partial charge in [0.05, 0.1) is 11.8 Å². The number of hydrogen-bond donors (Lipinski definition) is 2. The smallest absolute Gasteiger partial charge is 0.259 e. The van der Waals surface area contributed by atoms with Gasteiger partial charge >= 0.3 is 0 Å². The van der Waals surface area contributed by atoms with E-state index in [1.165, 1.54) is 18.3 Å². The summed E-state index contributed by atoms with van der Waals surface area (Å²) in [6, 6.07) is 4.76. The van der Waals surface area contributed by atoms with Crippen LogP contribution in [-0.4, -0.2) is 21.1 Å². The maximum atomic E-state index is 11.9. The summed E-state index contributed by atoms with van der Waals surface area (Å²) in [7, 11) is 0. The van der Waals surface area contributed by atoms with E-state index < -0.39 is 5.91 Å². The van der Waals surface area contributed by atoms with Crippen LogP contribution in [0.25, 0.3) is 0 Å². The normalized spacial score (nSPS) is 9.83. The summed E-state index contributed by atoms with van der Waals surface area (Å²) in [6.45, 7) is 0. The Kier molecular flexibility index (Phi) is 3.46. The monoisotopic (exact) mass is 281 g/mol. The minimum atomic E-state index is -0.509. The van der Waals surface area contributed by atoms with Crippen LogP contribution in [-0.2, 0) is 0 Å². The predicted molar refractivity (Wildman–Crippen MR) is 65.5 cm³/mol. The SMILES string of the molecule is N#Cc1cn[nH]c1NC(=O)c1ccc(Cl)nc1Cl. The molecule has 0 atom stereocenters. The third-order valence-corrected chi connectivity index (χ3v) is 2.56. The van der Waals surface area contributed by atoms with E-state index in [-0.39, 0.29) is 27.3 Å².